The van der Waals surface area contributed by atoms with E-state index in [1.807, 2.05) is 13.0 Å². The Labute approximate surface area is 130 Å². The Balaban J connectivity index is 2.60. The van der Waals surface area contributed by atoms with Crippen molar-refractivity contribution in [3.8, 4) is 11.5 Å². The number of nitro groups is 1. The third-order valence-corrected chi connectivity index (χ3v) is 3.79. The smallest absolute Gasteiger partial charge is 0.312 e. The second-order valence-electron chi connectivity index (χ2n) is 4.68. The van der Waals surface area contributed by atoms with Crippen LogP contribution in [-0.2, 0) is 0 Å². The molecule has 0 fully saturated rings. The van der Waals surface area contributed by atoms with Crippen LogP contribution in [0.25, 0.3) is 0 Å². The van der Waals surface area contributed by atoms with Crippen LogP contribution >= 0.6 is 15.9 Å². The zero-order chi connectivity index (χ0) is 15.6. The van der Waals surface area contributed by atoms with Gasteiger partial charge in [0.25, 0.3) is 0 Å². The molecule has 0 saturated heterocycles. The molecule has 0 bridgehead atoms. The van der Waals surface area contributed by atoms with E-state index >= 15 is 0 Å². The molecule has 2 aromatic rings. The highest BCUT2D eigenvalue weighted by Gasteiger charge is 2.24. The summed E-state index contributed by atoms with van der Waals surface area (Å²) in [5, 5.41) is 30.8. The summed E-state index contributed by atoms with van der Waals surface area (Å²) in [4.78, 5) is 10.4. The van der Waals surface area contributed by atoms with E-state index in [1.165, 1.54) is 6.07 Å². The molecular formula is C15H14BrNO4. The third kappa shape index (κ3) is 3.16. The topological polar surface area (TPSA) is 83.6 Å². The van der Waals surface area contributed by atoms with Gasteiger partial charge in [0.1, 0.15) is 5.75 Å². The van der Waals surface area contributed by atoms with Crippen LogP contribution in [0.1, 0.15) is 30.4 Å². The summed E-state index contributed by atoms with van der Waals surface area (Å²) < 4.78 is 0.528. The van der Waals surface area contributed by atoms with Gasteiger partial charge in [-0.1, -0.05) is 35.0 Å². The fraction of sp³-hybridized carbons (Fsp3) is 0.200. The molecule has 0 heterocycles. The van der Waals surface area contributed by atoms with Crippen molar-refractivity contribution in [2.24, 2.45) is 0 Å². The van der Waals surface area contributed by atoms with Crippen molar-refractivity contribution in [1.82, 2.24) is 0 Å². The molecule has 0 aliphatic rings. The molecule has 1 atom stereocenters. The number of nitrogens with zero attached hydrogens (tertiary/aromatic N) is 1. The van der Waals surface area contributed by atoms with Crippen LogP contribution in [0.3, 0.4) is 0 Å². The summed E-state index contributed by atoms with van der Waals surface area (Å²) in [6, 6.07) is 9.62. The van der Waals surface area contributed by atoms with Crippen LogP contribution in [-0.4, -0.2) is 15.1 Å². The SMILES string of the molecule is CCC(c1cccc(O)c1)c1cc(Br)cc([N+](=O)[O-])c1O. The Bertz CT molecular complexity index is 687. The van der Waals surface area contributed by atoms with E-state index in [4.69, 9.17) is 0 Å². The number of phenolic OH excluding ortho intramolecular Hbond substituents is 2. The Kier molecular flexibility index (Phi) is 4.47. The molecule has 110 valence electrons. The van der Waals surface area contributed by atoms with E-state index in [-0.39, 0.29) is 23.1 Å². The van der Waals surface area contributed by atoms with Crippen LogP contribution in [0.2, 0.25) is 0 Å². The number of benzene rings is 2. The van der Waals surface area contributed by atoms with Gasteiger partial charge in [0.2, 0.25) is 0 Å². The minimum atomic E-state index is -0.612. The lowest BCUT2D eigenvalue weighted by Crippen LogP contribution is -2.02. The molecule has 6 heteroatoms. The van der Waals surface area contributed by atoms with Gasteiger partial charge in [0, 0.05) is 22.0 Å². The van der Waals surface area contributed by atoms with Crippen LogP contribution in [0.5, 0.6) is 11.5 Å². The van der Waals surface area contributed by atoms with Crippen molar-refractivity contribution in [3.05, 3.63) is 62.1 Å². The predicted octanol–water partition coefficient (Wildman–Crippen LogP) is 4.31. The Morgan fingerprint density at radius 2 is 2.00 bits per heavy atom. The summed E-state index contributed by atoms with van der Waals surface area (Å²) in [6.45, 7) is 1.92. The molecule has 2 aromatic carbocycles. The molecule has 1 unspecified atom stereocenters. The van der Waals surface area contributed by atoms with Gasteiger partial charge in [-0.05, 0) is 30.2 Å². The summed E-state index contributed by atoms with van der Waals surface area (Å²) in [5.74, 6) is -0.457. The van der Waals surface area contributed by atoms with Crippen LogP contribution in [0, 0.1) is 10.1 Å². The molecule has 0 amide bonds. The summed E-state index contributed by atoms with van der Waals surface area (Å²) in [6.07, 6.45) is 0.630. The molecule has 0 spiro atoms. The zero-order valence-electron chi connectivity index (χ0n) is 11.3. The average molecular weight is 352 g/mol. The summed E-state index contributed by atoms with van der Waals surface area (Å²) in [5.41, 5.74) is 0.919. The Morgan fingerprint density at radius 3 is 2.57 bits per heavy atom. The van der Waals surface area contributed by atoms with Gasteiger partial charge < -0.3 is 10.2 Å². The first-order valence-electron chi connectivity index (χ1n) is 6.39. The average Bonchev–Trinajstić information content (AvgIpc) is 2.43. The quantitative estimate of drug-likeness (QED) is 0.634. The number of rotatable bonds is 4. The van der Waals surface area contributed by atoms with Crippen molar-refractivity contribution < 1.29 is 15.1 Å². The van der Waals surface area contributed by atoms with Crippen molar-refractivity contribution >= 4 is 21.6 Å². The number of hydrogen-bond acceptors (Lipinski definition) is 4. The van der Waals surface area contributed by atoms with Crippen LogP contribution < -0.4 is 0 Å². The number of nitro benzene ring substituents is 1. The minimum Gasteiger partial charge on any atom is -0.508 e. The van der Waals surface area contributed by atoms with Gasteiger partial charge in [0.05, 0.1) is 4.92 Å². The normalized spacial score (nSPS) is 12.1. The number of hydrogen-bond donors (Lipinski definition) is 2. The lowest BCUT2D eigenvalue weighted by Gasteiger charge is -2.18. The van der Waals surface area contributed by atoms with Crippen molar-refractivity contribution in [2.45, 2.75) is 19.3 Å². The van der Waals surface area contributed by atoms with Gasteiger partial charge in [0.15, 0.2) is 5.75 Å². The van der Waals surface area contributed by atoms with Gasteiger partial charge in [-0.2, -0.15) is 0 Å². The molecule has 0 aromatic heterocycles. The highest BCUT2D eigenvalue weighted by atomic mass is 79.9. The van der Waals surface area contributed by atoms with Crippen LogP contribution in [0.15, 0.2) is 40.9 Å². The lowest BCUT2D eigenvalue weighted by molar-refractivity contribution is -0.386. The second-order valence-corrected chi connectivity index (χ2v) is 5.59. The largest absolute Gasteiger partial charge is 0.508 e. The third-order valence-electron chi connectivity index (χ3n) is 3.34. The molecule has 0 aliphatic heterocycles. The maximum Gasteiger partial charge on any atom is 0.312 e. The molecule has 2 rings (SSSR count). The minimum absolute atomic E-state index is 0.120. The molecule has 21 heavy (non-hydrogen) atoms. The molecule has 0 radical (unpaired) electrons. The van der Waals surface area contributed by atoms with Gasteiger partial charge in [-0.15, -0.1) is 0 Å². The van der Waals surface area contributed by atoms with E-state index in [1.54, 1.807) is 24.3 Å². The van der Waals surface area contributed by atoms with E-state index < -0.39 is 4.92 Å². The first kappa shape index (κ1) is 15.3. The summed E-state index contributed by atoms with van der Waals surface area (Å²) >= 11 is 3.24. The maximum atomic E-state index is 11.0. The highest BCUT2D eigenvalue weighted by molar-refractivity contribution is 9.10. The number of halogens is 1. The first-order valence-corrected chi connectivity index (χ1v) is 7.19. The number of aromatic hydroxyl groups is 2. The van der Waals surface area contributed by atoms with Gasteiger partial charge in [-0.25, -0.2) is 0 Å². The standard InChI is InChI=1S/C15H14BrNO4/c1-2-12(9-4-3-5-11(18)6-9)13-7-10(16)8-14(15(13)19)17(20)21/h3-8,12,18-19H,2H2,1H3. The lowest BCUT2D eigenvalue weighted by atomic mass is 9.88. The molecule has 5 nitrogen and oxygen atoms in total. The fourth-order valence-corrected chi connectivity index (χ4v) is 2.85. The second kappa shape index (κ2) is 6.13. The Hall–Kier alpha value is -2.08. The molecule has 0 aliphatic carbocycles. The molecular weight excluding hydrogens is 338 g/mol. The van der Waals surface area contributed by atoms with Crippen molar-refractivity contribution in [1.29, 1.82) is 0 Å². The molecule has 0 saturated carbocycles. The number of phenols is 2. The summed E-state index contributed by atoms with van der Waals surface area (Å²) in [7, 11) is 0. The van der Waals surface area contributed by atoms with E-state index in [0.717, 1.165) is 5.56 Å². The van der Waals surface area contributed by atoms with Gasteiger partial charge in [-0.3, -0.25) is 10.1 Å². The fourth-order valence-electron chi connectivity index (χ4n) is 2.39. The van der Waals surface area contributed by atoms with Crippen LogP contribution in [0.4, 0.5) is 5.69 Å². The van der Waals surface area contributed by atoms with Gasteiger partial charge >= 0.3 is 5.69 Å². The predicted molar refractivity (Wildman–Crippen MR) is 82.7 cm³/mol. The van der Waals surface area contributed by atoms with E-state index in [9.17, 15) is 20.3 Å². The Morgan fingerprint density at radius 1 is 1.29 bits per heavy atom. The van der Waals surface area contributed by atoms with E-state index in [2.05, 4.69) is 15.9 Å². The van der Waals surface area contributed by atoms with Crippen molar-refractivity contribution in [2.75, 3.05) is 0 Å². The first-order chi connectivity index (χ1) is 9.93. The zero-order valence-corrected chi connectivity index (χ0v) is 12.9. The van der Waals surface area contributed by atoms with Crippen molar-refractivity contribution in [3.63, 3.8) is 0 Å². The molecule has 2 N–H and O–H groups in total. The monoisotopic (exact) mass is 351 g/mol. The van der Waals surface area contributed by atoms with E-state index in [0.29, 0.717) is 16.5 Å². The maximum absolute atomic E-state index is 11.0. The highest BCUT2D eigenvalue weighted by Crippen LogP contribution is 2.41.